The van der Waals surface area contributed by atoms with Gasteiger partial charge < -0.3 is 9.22 Å². The molecule has 0 aromatic heterocycles. The van der Waals surface area contributed by atoms with E-state index in [9.17, 15) is 4.79 Å². The molecule has 0 aliphatic heterocycles. The van der Waals surface area contributed by atoms with Gasteiger partial charge in [-0.1, -0.05) is 27.4 Å². The van der Waals surface area contributed by atoms with Crippen molar-refractivity contribution in [2.45, 2.75) is 60.0 Å². The molecule has 0 aromatic carbocycles. The minimum absolute atomic E-state index is 0.0277. The highest BCUT2D eigenvalue weighted by atomic mass is 16.5. The Morgan fingerprint density at radius 2 is 1.95 bits per heavy atom. The average molecular weight is 308 g/mol. The molecule has 0 spiro atoms. The number of fused-ring (bicyclic) bond motifs is 2. The van der Waals surface area contributed by atoms with Gasteiger partial charge in [-0.15, -0.1) is 0 Å². The first-order chi connectivity index (χ1) is 10.2. The Kier molecular flexibility index (Phi) is 4.77. The summed E-state index contributed by atoms with van der Waals surface area (Å²) in [5.41, 5.74) is 0.445. The summed E-state index contributed by atoms with van der Waals surface area (Å²) in [4.78, 5) is 12.6. The molecule has 2 aliphatic rings. The lowest BCUT2D eigenvalue weighted by molar-refractivity contribution is -0.912. The Bertz CT molecular complexity index is 439. The van der Waals surface area contributed by atoms with Crippen LogP contribution in [0.25, 0.3) is 0 Å². The fourth-order valence-electron chi connectivity index (χ4n) is 4.82. The van der Waals surface area contributed by atoms with Crippen LogP contribution in [-0.4, -0.2) is 42.7 Å². The third-order valence-electron chi connectivity index (χ3n) is 7.31. The molecule has 3 atom stereocenters. The van der Waals surface area contributed by atoms with Crippen molar-refractivity contribution in [3.63, 3.8) is 0 Å². The standard InChI is InChI=1S/C19H34NO2/c1-7-12-20(8-2,9-3)14-17(21)22-16-13-15-10-11-19(16,6)18(15,4)5/h7,15-16H,1,8-14H2,2-6H3/q+1/t15-,16+,19+/m0/s1. The summed E-state index contributed by atoms with van der Waals surface area (Å²) in [7, 11) is 0. The van der Waals surface area contributed by atoms with E-state index in [1.54, 1.807) is 0 Å². The number of quaternary nitrogens is 1. The number of hydrogen-bond acceptors (Lipinski definition) is 2. The Labute approximate surface area is 136 Å². The number of esters is 1. The molecule has 2 aliphatic carbocycles. The zero-order valence-electron chi connectivity index (χ0n) is 15.2. The van der Waals surface area contributed by atoms with Crippen molar-refractivity contribution < 1.29 is 14.0 Å². The number of rotatable bonds is 7. The molecule has 0 amide bonds. The molecule has 2 bridgehead atoms. The summed E-state index contributed by atoms with van der Waals surface area (Å²) >= 11 is 0. The molecule has 0 radical (unpaired) electrons. The fraction of sp³-hybridized carbons (Fsp3) is 0.842. The first-order valence-corrected chi connectivity index (χ1v) is 8.90. The maximum Gasteiger partial charge on any atom is 0.362 e. The predicted molar refractivity (Wildman–Crippen MR) is 90.4 cm³/mol. The molecule has 0 N–H and O–H groups in total. The molecule has 22 heavy (non-hydrogen) atoms. The highest BCUT2D eigenvalue weighted by Crippen LogP contribution is 2.66. The van der Waals surface area contributed by atoms with Crippen molar-refractivity contribution in [3.8, 4) is 0 Å². The van der Waals surface area contributed by atoms with Crippen molar-refractivity contribution in [1.29, 1.82) is 0 Å². The van der Waals surface area contributed by atoms with E-state index in [1.807, 2.05) is 6.08 Å². The van der Waals surface area contributed by atoms with Crippen LogP contribution in [0, 0.1) is 16.7 Å². The van der Waals surface area contributed by atoms with Crippen LogP contribution in [-0.2, 0) is 9.53 Å². The summed E-state index contributed by atoms with van der Waals surface area (Å²) in [6.45, 7) is 18.3. The van der Waals surface area contributed by atoms with Gasteiger partial charge in [-0.3, -0.25) is 0 Å². The van der Waals surface area contributed by atoms with Crippen LogP contribution in [0.15, 0.2) is 12.7 Å². The van der Waals surface area contributed by atoms with E-state index in [-0.39, 0.29) is 17.5 Å². The topological polar surface area (TPSA) is 26.3 Å². The van der Waals surface area contributed by atoms with Gasteiger partial charge >= 0.3 is 5.97 Å². The van der Waals surface area contributed by atoms with Crippen LogP contribution >= 0.6 is 0 Å². The fourth-order valence-corrected chi connectivity index (χ4v) is 4.82. The van der Waals surface area contributed by atoms with Crippen LogP contribution in [0.3, 0.4) is 0 Å². The van der Waals surface area contributed by atoms with Crippen LogP contribution in [0.4, 0.5) is 0 Å². The lowest BCUT2D eigenvalue weighted by atomic mass is 9.70. The van der Waals surface area contributed by atoms with Gasteiger partial charge in [0.1, 0.15) is 6.10 Å². The van der Waals surface area contributed by atoms with E-state index >= 15 is 0 Å². The van der Waals surface area contributed by atoms with E-state index in [0.717, 1.165) is 30.5 Å². The lowest BCUT2D eigenvalue weighted by Gasteiger charge is -2.39. The number of ether oxygens (including phenoxy) is 1. The molecule has 3 heteroatoms. The molecule has 2 saturated carbocycles. The van der Waals surface area contributed by atoms with Gasteiger partial charge in [0.05, 0.1) is 19.6 Å². The second-order valence-corrected chi connectivity index (χ2v) is 8.19. The van der Waals surface area contributed by atoms with Gasteiger partial charge in [0.15, 0.2) is 6.54 Å². The van der Waals surface area contributed by atoms with Gasteiger partial charge in [0, 0.05) is 5.41 Å². The van der Waals surface area contributed by atoms with Crippen molar-refractivity contribution in [1.82, 2.24) is 0 Å². The minimum Gasteiger partial charge on any atom is -0.458 e. The van der Waals surface area contributed by atoms with Gasteiger partial charge in [-0.2, -0.15) is 0 Å². The Morgan fingerprint density at radius 3 is 2.36 bits per heavy atom. The highest BCUT2D eigenvalue weighted by molar-refractivity contribution is 5.71. The molecule has 0 aromatic rings. The Balaban J connectivity index is 2.03. The van der Waals surface area contributed by atoms with E-state index in [4.69, 9.17) is 4.74 Å². The molecule has 0 saturated heterocycles. The number of hydrogen-bond donors (Lipinski definition) is 0. The summed E-state index contributed by atoms with van der Waals surface area (Å²) < 4.78 is 6.75. The summed E-state index contributed by atoms with van der Waals surface area (Å²) in [5.74, 6) is 0.681. The minimum atomic E-state index is -0.0277. The van der Waals surface area contributed by atoms with Crippen molar-refractivity contribution >= 4 is 5.97 Å². The first-order valence-electron chi connectivity index (χ1n) is 8.90. The molecular formula is C19H34NO2+. The summed E-state index contributed by atoms with van der Waals surface area (Å²) in [6.07, 6.45) is 5.56. The van der Waals surface area contributed by atoms with Crippen LogP contribution in [0.2, 0.25) is 0 Å². The van der Waals surface area contributed by atoms with Crippen molar-refractivity contribution in [2.75, 3.05) is 26.2 Å². The quantitative estimate of drug-likeness (QED) is 0.406. The monoisotopic (exact) mass is 308 g/mol. The molecule has 0 heterocycles. The van der Waals surface area contributed by atoms with E-state index in [1.165, 1.54) is 12.8 Å². The average Bonchev–Trinajstić information content (AvgIpc) is 2.80. The highest BCUT2D eigenvalue weighted by Gasteiger charge is 2.63. The van der Waals surface area contributed by atoms with Crippen molar-refractivity contribution in [3.05, 3.63) is 12.7 Å². The number of likely N-dealkylation sites (N-methyl/N-ethyl adjacent to an activating group) is 1. The maximum atomic E-state index is 12.6. The smallest absolute Gasteiger partial charge is 0.362 e. The maximum absolute atomic E-state index is 12.6. The number of carbonyl (C=O) groups is 1. The summed E-state index contributed by atoms with van der Waals surface area (Å²) in [6, 6.07) is 0. The largest absolute Gasteiger partial charge is 0.458 e. The molecule has 126 valence electrons. The predicted octanol–water partition coefficient (Wildman–Crippen LogP) is 3.79. The van der Waals surface area contributed by atoms with E-state index in [2.05, 4.69) is 41.2 Å². The third-order valence-corrected chi connectivity index (χ3v) is 7.31. The van der Waals surface area contributed by atoms with Gasteiger partial charge in [-0.05, 0) is 50.5 Å². The second kappa shape index (κ2) is 5.99. The molecule has 2 rings (SSSR count). The zero-order chi connectivity index (χ0) is 16.6. The van der Waals surface area contributed by atoms with Gasteiger partial charge in [0.25, 0.3) is 0 Å². The molecular weight excluding hydrogens is 274 g/mol. The normalized spacial score (nSPS) is 33.0. The van der Waals surface area contributed by atoms with Gasteiger partial charge in [0.2, 0.25) is 0 Å². The Morgan fingerprint density at radius 1 is 1.32 bits per heavy atom. The summed E-state index contributed by atoms with van der Waals surface area (Å²) in [5, 5.41) is 0. The number of nitrogens with zero attached hydrogens (tertiary/aromatic N) is 1. The third kappa shape index (κ3) is 2.62. The van der Waals surface area contributed by atoms with Gasteiger partial charge in [-0.25, -0.2) is 4.79 Å². The zero-order valence-corrected chi connectivity index (χ0v) is 15.2. The SMILES string of the molecule is C=CC[N+](CC)(CC)CC(=O)O[C@@H]1C[C@@H]2CC[C@@]1(C)C2(C)C. The van der Waals surface area contributed by atoms with Crippen LogP contribution in [0.1, 0.15) is 53.9 Å². The lowest BCUT2D eigenvalue weighted by Crippen LogP contribution is -2.52. The first kappa shape index (κ1) is 17.5. The van der Waals surface area contributed by atoms with Crippen molar-refractivity contribution in [2.24, 2.45) is 16.7 Å². The van der Waals surface area contributed by atoms with E-state index in [0.29, 0.717) is 17.9 Å². The Hall–Kier alpha value is -0.830. The molecule has 2 fully saturated rings. The van der Waals surface area contributed by atoms with E-state index < -0.39 is 0 Å². The second-order valence-electron chi connectivity index (χ2n) is 8.19. The molecule has 0 unspecified atom stereocenters. The number of carbonyl (C=O) groups excluding carboxylic acids is 1. The van der Waals surface area contributed by atoms with Crippen LogP contribution in [0.5, 0.6) is 0 Å². The molecule has 3 nitrogen and oxygen atoms in total. The van der Waals surface area contributed by atoms with Crippen LogP contribution < -0.4 is 0 Å².